The molecule has 2 aromatic rings. The molecule has 0 saturated heterocycles. The quantitative estimate of drug-likeness (QED) is 0.890. The molecule has 2 nitrogen and oxygen atoms in total. The second-order valence-electron chi connectivity index (χ2n) is 5.41. The van der Waals surface area contributed by atoms with Crippen LogP contribution in [0.3, 0.4) is 0 Å². The predicted octanol–water partition coefficient (Wildman–Crippen LogP) is 4.60. The van der Waals surface area contributed by atoms with E-state index >= 15 is 0 Å². The van der Waals surface area contributed by atoms with E-state index in [-0.39, 0.29) is 5.41 Å². The van der Waals surface area contributed by atoms with Crippen molar-refractivity contribution in [2.24, 2.45) is 0 Å². The molecular formula is C17H17ClN2. The van der Waals surface area contributed by atoms with Crippen LogP contribution in [0.5, 0.6) is 0 Å². The molecule has 20 heavy (non-hydrogen) atoms. The van der Waals surface area contributed by atoms with E-state index < -0.39 is 0 Å². The number of anilines is 1. The summed E-state index contributed by atoms with van der Waals surface area (Å²) in [6.45, 7) is 5.18. The molecule has 0 aliphatic carbocycles. The van der Waals surface area contributed by atoms with E-state index in [0.29, 0.717) is 10.6 Å². The molecule has 0 aromatic heterocycles. The average molecular weight is 285 g/mol. The summed E-state index contributed by atoms with van der Waals surface area (Å²) in [7, 11) is 0. The Hall–Kier alpha value is -1.98. The fraction of sp³-hybridized carbons (Fsp3) is 0.235. The standard InChI is InChI=1S/C17H17ClN2/c1-17(2,14-6-4-3-5-7-14)12-20-15-9-8-13(11-19)16(18)10-15/h3-10,20H,12H2,1-2H3. The summed E-state index contributed by atoms with van der Waals surface area (Å²) in [5, 5.41) is 12.7. The van der Waals surface area contributed by atoms with Crippen LogP contribution in [0.2, 0.25) is 5.02 Å². The Bertz CT molecular complexity index is 627. The molecule has 102 valence electrons. The van der Waals surface area contributed by atoms with Crippen LogP contribution in [0.25, 0.3) is 0 Å². The van der Waals surface area contributed by atoms with Crippen LogP contribution in [-0.2, 0) is 5.41 Å². The first-order valence-electron chi connectivity index (χ1n) is 6.52. The summed E-state index contributed by atoms with van der Waals surface area (Å²) in [5.74, 6) is 0. The van der Waals surface area contributed by atoms with Gasteiger partial charge in [0, 0.05) is 17.6 Å². The van der Waals surface area contributed by atoms with Gasteiger partial charge in [0.25, 0.3) is 0 Å². The summed E-state index contributed by atoms with van der Waals surface area (Å²) >= 11 is 6.03. The van der Waals surface area contributed by atoms with Gasteiger partial charge in [0.2, 0.25) is 0 Å². The number of nitrogens with one attached hydrogen (secondary N) is 1. The lowest BCUT2D eigenvalue weighted by molar-refractivity contribution is 0.557. The maximum atomic E-state index is 8.86. The molecule has 3 heteroatoms. The van der Waals surface area contributed by atoms with Crippen molar-refractivity contribution in [3.05, 3.63) is 64.7 Å². The molecule has 0 amide bonds. The second kappa shape index (κ2) is 5.98. The molecule has 0 saturated carbocycles. The van der Waals surface area contributed by atoms with Gasteiger partial charge >= 0.3 is 0 Å². The minimum atomic E-state index is 0.0155. The van der Waals surface area contributed by atoms with Crippen LogP contribution < -0.4 is 5.32 Å². The van der Waals surface area contributed by atoms with Crippen molar-refractivity contribution in [1.82, 2.24) is 0 Å². The first-order chi connectivity index (χ1) is 9.53. The van der Waals surface area contributed by atoms with Gasteiger partial charge in [-0.3, -0.25) is 0 Å². The fourth-order valence-electron chi connectivity index (χ4n) is 2.03. The van der Waals surface area contributed by atoms with Crippen molar-refractivity contribution in [3.63, 3.8) is 0 Å². The molecule has 0 fully saturated rings. The van der Waals surface area contributed by atoms with Gasteiger partial charge in [-0.1, -0.05) is 55.8 Å². The number of benzene rings is 2. The van der Waals surface area contributed by atoms with Crippen LogP contribution in [-0.4, -0.2) is 6.54 Å². The van der Waals surface area contributed by atoms with Crippen LogP contribution in [0.1, 0.15) is 25.0 Å². The Labute approximate surface area is 125 Å². The highest BCUT2D eigenvalue weighted by Gasteiger charge is 2.19. The van der Waals surface area contributed by atoms with Crippen molar-refractivity contribution < 1.29 is 0 Å². The lowest BCUT2D eigenvalue weighted by atomic mass is 9.84. The number of nitrogens with zero attached hydrogens (tertiary/aromatic N) is 1. The summed E-state index contributed by atoms with van der Waals surface area (Å²) < 4.78 is 0. The van der Waals surface area contributed by atoms with Gasteiger partial charge < -0.3 is 5.32 Å². The van der Waals surface area contributed by atoms with Crippen LogP contribution in [0.15, 0.2) is 48.5 Å². The van der Waals surface area contributed by atoms with Crippen molar-refractivity contribution >= 4 is 17.3 Å². The summed E-state index contributed by atoms with van der Waals surface area (Å²) in [6.07, 6.45) is 0. The Morgan fingerprint density at radius 3 is 2.45 bits per heavy atom. The van der Waals surface area contributed by atoms with E-state index in [4.69, 9.17) is 16.9 Å². The molecule has 0 unspecified atom stereocenters. The molecular weight excluding hydrogens is 268 g/mol. The third kappa shape index (κ3) is 3.31. The average Bonchev–Trinajstić information content (AvgIpc) is 2.46. The highest BCUT2D eigenvalue weighted by Crippen LogP contribution is 2.25. The molecule has 0 radical (unpaired) electrons. The topological polar surface area (TPSA) is 35.8 Å². The number of halogens is 1. The van der Waals surface area contributed by atoms with E-state index in [9.17, 15) is 0 Å². The normalized spacial score (nSPS) is 10.9. The second-order valence-corrected chi connectivity index (χ2v) is 5.82. The zero-order valence-electron chi connectivity index (χ0n) is 11.7. The van der Waals surface area contributed by atoms with Gasteiger partial charge in [-0.25, -0.2) is 0 Å². The molecule has 0 atom stereocenters. The predicted molar refractivity (Wildman–Crippen MR) is 84.1 cm³/mol. The van der Waals surface area contributed by atoms with Gasteiger partial charge in [0.05, 0.1) is 10.6 Å². The van der Waals surface area contributed by atoms with Gasteiger partial charge in [-0.2, -0.15) is 5.26 Å². The highest BCUT2D eigenvalue weighted by molar-refractivity contribution is 6.32. The van der Waals surface area contributed by atoms with Crippen LogP contribution >= 0.6 is 11.6 Å². The summed E-state index contributed by atoms with van der Waals surface area (Å²) in [6, 6.07) is 17.9. The zero-order chi connectivity index (χ0) is 14.6. The van der Waals surface area contributed by atoms with Gasteiger partial charge in [0.1, 0.15) is 6.07 Å². The molecule has 0 heterocycles. The van der Waals surface area contributed by atoms with Crippen molar-refractivity contribution in [2.75, 3.05) is 11.9 Å². The molecule has 0 spiro atoms. The smallest absolute Gasteiger partial charge is 0.101 e. The first kappa shape index (κ1) is 14.4. The van der Waals surface area contributed by atoms with E-state index in [0.717, 1.165) is 12.2 Å². The maximum Gasteiger partial charge on any atom is 0.101 e. The number of hydrogen-bond donors (Lipinski definition) is 1. The van der Waals surface area contributed by atoms with Crippen molar-refractivity contribution in [3.8, 4) is 6.07 Å². The van der Waals surface area contributed by atoms with Gasteiger partial charge in [-0.05, 0) is 23.8 Å². The SMILES string of the molecule is CC(C)(CNc1ccc(C#N)c(Cl)c1)c1ccccc1. The van der Waals surface area contributed by atoms with Crippen molar-refractivity contribution in [1.29, 1.82) is 5.26 Å². The Kier molecular flexibility index (Phi) is 4.32. The molecule has 2 rings (SSSR count). The third-order valence-corrected chi connectivity index (χ3v) is 3.69. The molecule has 2 aromatic carbocycles. The molecule has 0 aliphatic heterocycles. The summed E-state index contributed by atoms with van der Waals surface area (Å²) in [4.78, 5) is 0. The van der Waals surface area contributed by atoms with Crippen molar-refractivity contribution in [2.45, 2.75) is 19.3 Å². The van der Waals surface area contributed by atoms with Crippen LogP contribution in [0.4, 0.5) is 5.69 Å². The zero-order valence-corrected chi connectivity index (χ0v) is 12.4. The first-order valence-corrected chi connectivity index (χ1v) is 6.90. The third-order valence-electron chi connectivity index (χ3n) is 3.38. The van der Waals surface area contributed by atoms with E-state index in [1.54, 1.807) is 12.1 Å². The largest absolute Gasteiger partial charge is 0.384 e. The monoisotopic (exact) mass is 284 g/mol. The highest BCUT2D eigenvalue weighted by atomic mass is 35.5. The summed E-state index contributed by atoms with van der Waals surface area (Å²) in [5.41, 5.74) is 2.73. The number of nitriles is 1. The van der Waals surface area contributed by atoms with Crippen LogP contribution in [0, 0.1) is 11.3 Å². The Morgan fingerprint density at radius 2 is 1.85 bits per heavy atom. The maximum absolute atomic E-state index is 8.86. The number of hydrogen-bond acceptors (Lipinski definition) is 2. The minimum Gasteiger partial charge on any atom is -0.384 e. The van der Waals surface area contributed by atoms with E-state index in [1.165, 1.54) is 5.56 Å². The fourth-order valence-corrected chi connectivity index (χ4v) is 2.25. The molecule has 0 bridgehead atoms. The van der Waals surface area contributed by atoms with E-state index in [2.05, 4.69) is 49.5 Å². The van der Waals surface area contributed by atoms with Gasteiger partial charge in [-0.15, -0.1) is 0 Å². The lowest BCUT2D eigenvalue weighted by Crippen LogP contribution is -2.27. The lowest BCUT2D eigenvalue weighted by Gasteiger charge is -2.26. The minimum absolute atomic E-state index is 0.0155. The molecule has 0 aliphatic rings. The Balaban J connectivity index is 2.09. The number of rotatable bonds is 4. The van der Waals surface area contributed by atoms with E-state index in [1.807, 2.05) is 12.1 Å². The van der Waals surface area contributed by atoms with Gasteiger partial charge in [0.15, 0.2) is 0 Å². The molecule has 1 N–H and O–H groups in total. The Morgan fingerprint density at radius 1 is 1.15 bits per heavy atom.